The Morgan fingerprint density at radius 1 is 0.725 bits per heavy atom. The lowest BCUT2D eigenvalue weighted by Crippen LogP contribution is -2.38. The Bertz CT molecular complexity index is 2010. The van der Waals surface area contributed by atoms with Crippen molar-refractivity contribution < 1.29 is 23.1 Å². The minimum atomic E-state index is -4.03. The van der Waals surface area contributed by atoms with E-state index in [4.69, 9.17) is 5.11 Å². The van der Waals surface area contributed by atoms with Gasteiger partial charge in [-0.1, -0.05) is 97.4 Å². The van der Waals surface area contributed by atoms with E-state index in [9.17, 15) is 18.0 Å². The molecule has 4 N–H and O–H groups in total. The number of anilines is 1. The largest absolute Gasteiger partial charge is 0.481 e. The zero-order valence-corrected chi connectivity index (χ0v) is 30.5. The molecule has 5 rings (SSSR count). The van der Waals surface area contributed by atoms with Gasteiger partial charge in [-0.2, -0.15) is 0 Å². The highest BCUT2D eigenvalue weighted by atomic mass is 32.2. The summed E-state index contributed by atoms with van der Waals surface area (Å²) in [4.78, 5) is 23.2. The van der Waals surface area contributed by atoms with Crippen molar-refractivity contribution in [1.29, 1.82) is 0 Å². The second kappa shape index (κ2) is 16.9. The minimum absolute atomic E-state index is 0.0131. The van der Waals surface area contributed by atoms with Crippen LogP contribution in [-0.4, -0.2) is 25.4 Å². The molecular formula is C42H47N3O5S. The predicted octanol–water partition coefficient (Wildman–Crippen LogP) is 8.58. The van der Waals surface area contributed by atoms with Crippen molar-refractivity contribution in [3.05, 3.63) is 148 Å². The normalized spacial score (nSPS) is 15.9. The fourth-order valence-corrected chi connectivity index (χ4v) is 8.01. The number of nitrogens with one attached hydrogen (secondary N) is 3. The summed E-state index contributed by atoms with van der Waals surface area (Å²) in [7, 11) is -4.03. The number of hydrogen-bond acceptors (Lipinski definition) is 5. The van der Waals surface area contributed by atoms with Crippen LogP contribution in [0.2, 0.25) is 0 Å². The summed E-state index contributed by atoms with van der Waals surface area (Å²) in [5, 5.41) is 15.3. The molecule has 0 bridgehead atoms. The number of allylic oxidation sites excluding steroid dienone is 4. The van der Waals surface area contributed by atoms with E-state index in [1.165, 1.54) is 40.0 Å². The predicted molar refractivity (Wildman–Crippen MR) is 203 cm³/mol. The standard InChI is InChI=1S/C42H47N3O5S/c1-28-29(2)31(4)40(30(28)3)37-20-12-11-19-34(37)27-43-41(32-15-7-5-8-16-32)42(33-17-9-6-10-18-33)45-51(49,50)36-25-23-35(24-26-36)44-38(46)21-13-14-22-39(47)48/h5-12,15-20,23-26,30,41-43,45H,13-14,21-22,27H2,1-4H3,(H,44,46)(H,47,48). The molecular weight excluding hydrogens is 659 g/mol. The van der Waals surface area contributed by atoms with Gasteiger partial charge in [0.05, 0.1) is 17.0 Å². The topological polar surface area (TPSA) is 125 Å². The highest BCUT2D eigenvalue weighted by Gasteiger charge is 2.31. The van der Waals surface area contributed by atoms with Crippen molar-refractivity contribution in [2.75, 3.05) is 5.32 Å². The Labute approximate surface area is 301 Å². The smallest absolute Gasteiger partial charge is 0.303 e. The molecule has 8 nitrogen and oxygen atoms in total. The Kier molecular flexibility index (Phi) is 12.4. The van der Waals surface area contributed by atoms with Crippen LogP contribution < -0.4 is 15.4 Å². The molecule has 4 aromatic carbocycles. The molecule has 9 heteroatoms. The molecule has 0 saturated heterocycles. The molecule has 266 valence electrons. The molecule has 0 aromatic heterocycles. The van der Waals surface area contributed by atoms with E-state index in [1.807, 2.05) is 66.7 Å². The van der Waals surface area contributed by atoms with Crippen molar-refractivity contribution in [1.82, 2.24) is 10.0 Å². The number of carbonyl (C=O) groups is 2. The molecule has 0 saturated carbocycles. The third-order valence-corrected chi connectivity index (χ3v) is 11.3. The van der Waals surface area contributed by atoms with Crippen LogP contribution in [0, 0.1) is 5.92 Å². The number of aliphatic carboxylic acids is 1. The van der Waals surface area contributed by atoms with Crippen molar-refractivity contribution in [2.45, 2.75) is 76.9 Å². The zero-order valence-electron chi connectivity index (χ0n) is 29.6. The Hall–Kier alpha value is -4.83. The van der Waals surface area contributed by atoms with Crippen LogP contribution in [0.1, 0.15) is 87.7 Å². The Balaban J connectivity index is 1.41. The molecule has 1 amide bonds. The van der Waals surface area contributed by atoms with Crippen LogP contribution in [0.5, 0.6) is 0 Å². The second-order valence-electron chi connectivity index (χ2n) is 13.2. The van der Waals surface area contributed by atoms with E-state index in [2.05, 4.69) is 61.2 Å². The lowest BCUT2D eigenvalue weighted by atomic mass is 9.88. The minimum Gasteiger partial charge on any atom is -0.481 e. The van der Waals surface area contributed by atoms with E-state index in [1.54, 1.807) is 12.1 Å². The number of unbranched alkanes of at least 4 members (excludes halogenated alkanes) is 1. The molecule has 0 aliphatic heterocycles. The van der Waals surface area contributed by atoms with Crippen LogP contribution >= 0.6 is 0 Å². The SMILES string of the molecule is CC1=C(C)C(C)C(c2ccccc2CNC(c2ccccc2)C(NS(=O)(=O)c2ccc(NC(=O)CCCCC(=O)O)cc2)c2ccccc2)=C1C. The number of carboxylic acid groups (broad SMARTS) is 1. The fourth-order valence-electron chi connectivity index (χ4n) is 6.77. The summed E-state index contributed by atoms with van der Waals surface area (Å²) in [6.45, 7) is 9.35. The van der Waals surface area contributed by atoms with Gasteiger partial charge in [-0.25, -0.2) is 13.1 Å². The monoisotopic (exact) mass is 705 g/mol. The molecule has 0 heterocycles. The van der Waals surface area contributed by atoms with Gasteiger partial charge in [0.2, 0.25) is 15.9 Å². The molecule has 1 aliphatic rings. The Morgan fingerprint density at radius 3 is 1.88 bits per heavy atom. The van der Waals surface area contributed by atoms with E-state index >= 15 is 0 Å². The van der Waals surface area contributed by atoms with Crippen LogP contribution in [0.25, 0.3) is 5.57 Å². The van der Waals surface area contributed by atoms with Gasteiger partial charge in [0.25, 0.3) is 0 Å². The second-order valence-corrected chi connectivity index (χ2v) is 14.9. The number of carboxylic acids is 1. The maximum Gasteiger partial charge on any atom is 0.303 e. The molecule has 4 aromatic rings. The lowest BCUT2D eigenvalue weighted by Gasteiger charge is -2.30. The van der Waals surface area contributed by atoms with Gasteiger partial charge in [-0.05, 0) is 96.9 Å². The fraction of sp³-hybridized carbons (Fsp3) is 0.286. The zero-order chi connectivity index (χ0) is 36.5. The van der Waals surface area contributed by atoms with Gasteiger partial charge in [-0.15, -0.1) is 0 Å². The van der Waals surface area contributed by atoms with Gasteiger partial charge in [-0.3, -0.25) is 9.59 Å². The van der Waals surface area contributed by atoms with Gasteiger partial charge >= 0.3 is 5.97 Å². The maximum atomic E-state index is 14.1. The summed E-state index contributed by atoms with van der Waals surface area (Å²) in [5.41, 5.74) is 9.89. The molecule has 0 fully saturated rings. The first-order valence-electron chi connectivity index (χ1n) is 17.4. The third-order valence-electron chi connectivity index (χ3n) is 9.89. The van der Waals surface area contributed by atoms with Crippen LogP contribution in [0.15, 0.2) is 131 Å². The first kappa shape index (κ1) is 37.4. The molecule has 51 heavy (non-hydrogen) atoms. The van der Waals surface area contributed by atoms with E-state index < -0.39 is 28.1 Å². The molecule has 1 aliphatic carbocycles. The lowest BCUT2D eigenvalue weighted by molar-refractivity contribution is -0.137. The molecule has 3 atom stereocenters. The number of sulfonamides is 1. The van der Waals surface area contributed by atoms with Crippen molar-refractivity contribution >= 4 is 33.2 Å². The Morgan fingerprint density at radius 2 is 1.29 bits per heavy atom. The van der Waals surface area contributed by atoms with Crippen LogP contribution in [0.4, 0.5) is 5.69 Å². The molecule has 0 radical (unpaired) electrons. The highest BCUT2D eigenvalue weighted by molar-refractivity contribution is 7.89. The first-order valence-corrected chi connectivity index (χ1v) is 18.9. The molecule has 0 spiro atoms. The van der Waals surface area contributed by atoms with Crippen LogP contribution in [-0.2, 0) is 26.2 Å². The van der Waals surface area contributed by atoms with Gasteiger partial charge in [0, 0.05) is 31.0 Å². The average molecular weight is 706 g/mol. The van der Waals surface area contributed by atoms with E-state index in [0.29, 0.717) is 31.0 Å². The average Bonchev–Trinajstić information content (AvgIpc) is 3.32. The maximum absolute atomic E-state index is 14.1. The van der Waals surface area contributed by atoms with Crippen LogP contribution in [0.3, 0.4) is 0 Å². The first-order chi connectivity index (χ1) is 24.5. The summed E-state index contributed by atoms with van der Waals surface area (Å²) < 4.78 is 31.1. The summed E-state index contributed by atoms with van der Waals surface area (Å²) >= 11 is 0. The van der Waals surface area contributed by atoms with Crippen molar-refractivity contribution in [2.24, 2.45) is 5.92 Å². The number of rotatable bonds is 16. The van der Waals surface area contributed by atoms with Crippen molar-refractivity contribution in [3.8, 4) is 0 Å². The number of carbonyl (C=O) groups excluding carboxylic acids is 1. The summed E-state index contributed by atoms with van der Waals surface area (Å²) in [6, 6.07) is 32.9. The van der Waals surface area contributed by atoms with Gasteiger partial charge < -0.3 is 15.7 Å². The third kappa shape index (κ3) is 9.29. The van der Waals surface area contributed by atoms with Gasteiger partial charge in [0.15, 0.2) is 0 Å². The van der Waals surface area contributed by atoms with Crippen molar-refractivity contribution in [3.63, 3.8) is 0 Å². The highest BCUT2D eigenvalue weighted by Crippen LogP contribution is 2.43. The summed E-state index contributed by atoms with van der Waals surface area (Å²) in [5.74, 6) is -0.841. The number of amides is 1. The number of benzene rings is 4. The van der Waals surface area contributed by atoms with Gasteiger partial charge in [0.1, 0.15) is 0 Å². The molecule has 3 unspecified atom stereocenters. The number of hydrogen-bond donors (Lipinski definition) is 4. The summed E-state index contributed by atoms with van der Waals surface area (Å²) in [6.07, 6.45) is 1.05. The van der Waals surface area contributed by atoms with E-state index in [-0.39, 0.29) is 23.6 Å². The van der Waals surface area contributed by atoms with E-state index in [0.717, 1.165) is 16.7 Å². The quantitative estimate of drug-likeness (QED) is 0.0866.